The lowest BCUT2D eigenvalue weighted by Gasteiger charge is -2.19. The van der Waals surface area contributed by atoms with Gasteiger partial charge in [-0.25, -0.2) is 0 Å². The van der Waals surface area contributed by atoms with Crippen molar-refractivity contribution in [2.45, 2.75) is 46.1 Å². The molecule has 0 aliphatic rings. The van der Waals surface area contributed by atoms with Gasteiger partial charge in [0.15, 0.2) is 0 Å². The molecule has 0 amide bonds. The molecule has 3 nitrogen and oxygen atoms in total. The van der Waals surface area contributed by atoms with Crippen LogP contribution in [0.1, 0.15) is 60.8 Å². The molecule has 1 atom stereocenters. The van der Waals surface area contributed by atoms with E-state index in [1.807, 2.05) is 0 Å². The Balaban J connectivity index is 2.36. The number of aromatic nitrogens is 2. The predicted octanol–water partition coefficient (Wildman–Crippen LogP) is 4.06. The molecule has 0 saturated carbocycles. The number of nitrogens with one attached hydrogen (secondary N) is 1. The van der Waals surface area contributed by atoms with E-state index < -0.39 is 0 Å². The highest BCUT2D eigenvalue weighted by atomic mass is 32.1. The van der Waals surface area contributed by atoms with Crippen molar-refractivity contribution in [1.82, 2.24) is 14.9 Å². The second kappa shape index (κ2) is 6.95. The van der Waals surface area contributed by atoms with Gasteiger partial charge in [-0.05, 0) is 42.9 Å². The molecular formula is C16H23N3S. The average molecular weight is 289 g/mol. The Bertz CT molecular complexity index is 531. The summed E-state index contributed by atoms with van der Waals surface area (Å²) in [5, 5.41) is 7.95. The van der Waals surface area contributed by atoms with Crippen LogP contribution in [0.2, 0.25) is 0 Å². The summed E-state index contributed by atoms with van der Waals surface area (Å²) in [6.45, 7) is 9.64. The Morgan fingerprint density at radius 1 is 1.20 bits per heavy atom. The van der Waals surface area contributed by atoms with E-state index in [0.717, 1.165) is 18.7 Å². The number of hydrogen-bond acceptors (Lipinski definition) is 4. The number of hydrogen-bond donors (Lipinski definition) is 1. The van der Waals surface area contributed by atoms with E-state index in [1.165, 1.54) is 27.5 Å². The van der Waals surface area contributed by atoms with Crippen LogP contribution in [0.25, 0.3) is 0 Å². The maximum absolute atomic E-state index is 4.32. The molecule has 0 bridgehead atoms. The molecule has 0 radical (unpaired) electrons. The van der Waals surface area contributed by atoms with Gasteiger partial charge in [0, 0.05) is 0 Å². The molecule has 108 valence electrons. The number of nitrogens with zero attached hydrogens (tertiary/aromatic N) is 2. The van der Waals surface area contributed by atoms with E-state index in [2.05, 4.69) is 66.9 Å². The molecule has 0 saturated heterocycles. The summed E-state index contributed by atoms with van der Waals surface area (Å²) >= 11 is 1.51. The van der Waals surface area contributed by atoms with Crippen LogP contribution in [0.3, 0.4) is 0 Å². The second-order valence-electron chi connectivity index (χ2n) is 5.47. The van der Waals surface area contributed by atoms with Gasteiger partial charge >= 0.3 is 0 Å². The Morgan fingerprint density at radius 3 is 2.50 bits per heavy atom. The van der Waals surface area contributed by atoms with E-state index in [4.69, 9.17) is 0 Å². The molecule has 0 fully saturated rings. The predicted molar refractivity (Wildman–Crippen MR) is 85.3 cm³/mol. The molecule has 0 aliphatic heterocycles. The van der Waals surface area contributed by atoms with Crippen LogP contribution < -0.4 is 5.32 Å². The molecule has 0 aliphatic carbocycles. The third kappa shape index (κ3) is 3.44. The first kappa shape index (κ1) is 15.1. The average Bonchev–Trinajstić information content (AvgIpc) is 2.90. The van der Waals surface area contributed by atoms with E-state index in [-0.39, 0.29) is 6.04 Å². The van der Waals surface area contributed by atoms with Crippen LogP contribution in [-0.2, 0) is 0 Å². The summed E-state index contributed by atoms with van der Waals surface area (Å²) in [5.74, 6) is 0.403. The zero-order chi connectivity index (χ0) is 14.5. The first-order valence-corrected chi connectivity index (χ1v) is 8.03. The van der Waals surface area contributed by atoms with Gasteiger partial charge in [0.25, 0.3) is 0 Å². The van der Waals surface area contributed by atoms with Gasteiger partial charge in [-0.1, -0.05) is 55.1 Å². The molecule has 0 spiro atoms. The third-order valence-corrected chi connectivity index (χ3v) is 4.16. The fourth-order valence-electron chi connectivity index (χ4n) is 2.21. The van der Waals surface area contributed by atoms with Crippen molar-refractivity contribution in [2.24, 2.45) is 0 Å². The van der Waals surface area contributed by atoms with Gasteiger partial charge in [0.2, 0.25) is 0 Å². The highest BCUT2D eigenvalue weighted by Gasteiger charge is 2.22. The minimum Gasteiger partial charge on any atom is -0.305 e. The van der Waals surface area contributed by atoms with Gasteiger partial charge in [0.1, 0.15) is 0 Å². The maximum Gasteiger partial charge on any atom is 0.0832 e. The van der Waals surface area contributed by atoms with Crippen LogP contribution >= 0.6 is 11.5 Å². The molecule has 1 unspecified atom stereocenters. The highest BCUT2D eigenvalue weighted by Crippen LogP contribution is 2.30. The summed E-state index contributed by atoms with van der Waals surface area (Å²) in [7, 11) is 0. The third-order valence-electron chi connectivity index (χ3n) is 3.36. The summed E-state index contributed by atoms with van der Waals surface area (Å²) in [4.78, 5) is 1.25. The SMILES string of the molecule is CCCNC(c1ccc(C)cc1)c1snnc1C(C)C. The molecule has 1 heterocycles. The lowest BCUT2D eigenvalue weighted by Crippen LogP contribution is -2.23. The second-order valence-corrected chi connectivity index (χ2v) is 6.26. The Hall–Kier alpha value is -1.26. The summed E-state index contributed by atoms with van der Waals surface area (Å²) in [6, 6.07) is 8.94. The minimum absolute atomic E-state index is 0.202. The standard InChI is InChI=1S/C16H23N3S/c1-5-10-17-15(13-8-6-12(4)7-9-13)16-14(11(2)3)18-19-20-16/h6-9,11,15,17H,5,10H2,1-4H3. The monoisotopic (exact) mass is 289 g/mol. The van der Waals surface area contributed by atoms with Crippen molar-refractivity contribution in [3.8, 4) is 0 Å². The fraction of sp³-hybridized carbons (Fsp3) is 0.500. The lowest BCUT2D eigenvalue weighted by atomic mass is 9.99. The van der Waals surface area contributed by atoms with Gasteiger partial charge in [-0.2, -0.15) is 0 Å². The minimum atomic E-state index is 0.202. The highest BCUT2D eigenvalue weighted by molar-refractivity contribution is 7.05. The van der Waals surface area contributed by atoms with Crippen LogP contribution in [0.4, 0.5) is 0 Å². The molecule has 1 aromatic heterocycles. The molecule has 2 aromatic rings. The quantitative estimate of drug-likeness (QED) is 0.871. The molecule has 4 heteroatoms. The van der Waals surface area contributed by atoms with Gasteiger partial charge in [0.05, 0.1) is 16.6 Å². The summed E-state index contributed by atoms with van der Waals surface area (Å²) in [5.41, 5.74) is 3.69. The summed E-state index contributed by atoms with van der Waals surface area (Å²) in [6.07, 6.45) is 1.12. The van der Waals surface area contributed by atoms with E-state index >= 15 is 0 Å². The molecule has 1 N–H and O–H groups in total. The zero-order valence-electron chi connectivity index (χ0n) is 12.7. The molecule has 1 aromatic carbocycles. The Kier molecular flexibility index (Phi) is 5.26. The van der Waals surface area contributed by atoms with Crippen molar-refractivity contribution >= 4 is 11.5 Å². The van der Waals surface area contributed by atoms with Crippen molar-refractivity contribution in [3.05, 3.63) is 46.0 Å². The van der Waals surface area contributed by atoms with E-state index in [0.29, 0.717) is 5.92 Å². The number of aryl methyl sites for hydroxylation is 1. The first-order chi connectivity index (χ1) is 9.63. The maximum atomic E-state index is 4.32. The zero-order valence-corrected chi connectivity index (χ0v) is 13.5. The van der Waals surface area contributed by atoms with Crippen molar-refractivity contribution in [3.63, 3.8) is 0 Å². The van der Waals surface area contributed by atoms with Crippen molar-refractivity contribution in [1.29, 1.82) is 0 Å². The van der Waals surface area contributed by atoms with Crippen LogP contribution in [-0.4, -0.2) is 16.1 Å². The van der Waals surface area contributed by atoms with Gasteiger partial charge in [-0.3, -0.25) is 0 Å². The van der Waals surface area contributed by atoms with Crippen LogP contribution in [0.5, 0.6) is 0 Å². The Labute approximate surface area is 125 Å². The van der Waals surface area contributed by atoms with E-state index in [1.54, 1.807) is 0 Å². The van der Waals surface area contributed by atoms with Gasteiger partial charge < -0.3 is 5.32 Å². The van der Waals surface area contributed by atoms with Gasteiger partial charge in [-0.15, -0.1) is 5.10 Å². The van der Waals surface area contributed by atoms with Crippen LogP contribution in [0, 0.1) is 6.92 Å². The number of benzene rings is 1. The smallest absolute Gasteiger partial charge is 0.0832 e. The molecule has 20 heavy (non-hydrogen) atoms. The topological polar surface area (TPSA) is 37.8 Å². The first-order valence-electron chi connectivity index (χ1n) is 7.25. The lowest BCUT2D eigenvalue weighted by molar-refractivity contribution is 0.596. The molecular weight excluding hydrogens is 266 g/mol. The van der Waals surface area contributed by atoms with E-state index in [9.17, 15) is 0 Å². The molecule has 2 rings (SSSR count). The number of rotatable bonds is 6. The normalized spacial score (nSPS) is 12.8. The largest absolute Gasteiger partial charge is 0.305 e. The Morgan fingerprint density at radius 2 is 1.90 bits per heavy atom. The van der Waals surface area contributed by atoms with Crippen molar-refractivity contribution < 1.29 is 0 Å². The summed E-state index contributed by atoms with van der Waals surface area (Å²) < 4.78 is 4.17. The fourth-order valence-corrected chi connectivity index (χ4v) is 3.13. The van der Waals surface area contributed by atoms with Crippen LogP contribution in [0.15, 0.2) is 24.3 Å². The van der Waals surface area contributed by atoms with Crippen molar-refractivity contribution in [2.75, 3.05) is 6.54 Å².